The smallest absolute Gasteiger partial charge is 0.252 e. The molecule has 0 bridgehead atoms. The highest BCUT2D eigenvalue weighted by Gasteiger charge is 2.17. The number of hydrogen-bond donors (Lipinski definition) is 1. The fourth-order valence-corrected chi connectivity index (χ4v) is 3.19. The highest BCUT2D eigenvalue weighted by Crippen LogP contribution is 2.25. The number of rotatable bonds is 4. The largest absolute Gasteiger partial charge is 0.345 e. The van der Waals surface area contributed by atoms with E-state index < -0.39 is 0 Å². The quantitative estimate of drug-likeness (QED) is 0.680. The Balaban J connectivity index is 1.89. The number of fused-ring (bicyclic) bond motifs is 1. The number of benzene rings is 3. The van der Waals surface area contributed by atoms with Crippen LogP contribution in [0.15, 0.2) is 66.7 Å². The van der Waals surface area contributed by atoms with Crippen molar-refractivity contribution in [3.8, 4) is 0 Å². The van der Waals surface area contributed by atoms with Gasteiger partial charge in [-0.05, 0) is 40.8 Å². The van der Waals surface area contributed by atoms with E-state index >= 15 is 0 Å². The summed E-state index contributed by atoms with van der Waals surface area (Å²) >= 11 is 0. The molecule has 0 aliphatic carbocycles. The first kappa shape index (κ1) is 16.3. The second kappa shape index (κ2) is 6.88. The molecule has 0 spiro atoms. The minimum absolute atomic E-state index is 0.0141. The fourth-order valence-electron chi connectivity index (χ4n) is 3.19. The van der Waals surface area contributed by atoms with Gasteiger partial charge in [0.05, 0.1) is 6.04 Å². The highest BCUT2D eigenvalue weighted by atomic mass is 16.1. The molecule has 0 radical (unpaired) electrons. The van der Waals surface area contributed by atoms with Gasteiger partial charge in [-0.3, -0.25) is 4.79 Å². The van der Waals surface area contributed by atoms with E-state index in [1.807, 2.05) is 49.4 Å². The lowest BCUT2D eigenvalue weighted by atomic mass is 9.96. The van der Waals surface area contributed by atoms with Gasteiger partial charge in [-0.25, -0.2) is 0 Å². The van der Waals surface area contributed by atoms with E-state index in [1.54, 1.807) is 0 Å². The van der Waals surface area contributed by atoms with Gasteiger partial charge in [0.2, 0.25) is 0 Å². The van der Waals surface area contributed by atoms with Crippen LogP contribution < -0.4 is 5.32 Å². The Morgan fingerprint density at radius 3 is 2.21 bits per heavy atom. The Kier molecular flexibility index (Phi) is 4.66. The summed E-state index contributed by atoms with van der Waals surface area (Å²) in [7, 11) is 0. The lowest BCUT2D eigenvalue weighted by molar-refractivity contribution is 0.0939. The first-order valence-corrected chi connectivity index (χ1v) is 8.45. The molecule has 2 nitrogen and oxygen atoms in total. The second-order valence-corrected chi connectivity index (χ2v) is 6.51. The zero-order valence-corrected chi connectivity index (χ0v) is 14.4. The Labute approximate surface area is 143 Å². The third kappa shape index (κ3) is 3.18. The van der Waals surface area contributed by atoms with E-state index in [-0.39, 0.29) is 11.9 Å². The summed E-state index contributed by atoms with van der Waals surface area (Å²) in [4.78, 5) is 12.8. The summed E-state index contributed by atoms with van der Waals surface area (Å²) in [6, 6.07) is 22.3. The molecule has 3 aromatic carbocycles. The van der Waals surface area contributed by atoms with Crippen LogP contribution in [0.4, 0.5) is 0 Å². The summed E-state index contributed by atoms with van der Waals surface area (Å²) in [6.07, 6.45) is 0. The molecule has 122 valence electrons. The average Bonchev–Trinajstić information content (AvgIpc) is 2.61. The number of nitrogens with one attached hydrogen (secondary N) is 1. The minimum Gasteiger partial charge on any atom is -0.345 e. The molecule has 1 amide bonds. The van der Waals surface area contributed by atoms with E-state index in [4.69, 9.17) is 0 Å². The number of carbonyl (C=O) groups is 1. The maximum absolute atomic E-state index is 12.8. The molecule has 0 aromatic heterocycles. The van der Waals surface area contributed by atoms with Crippen LogP contribution in [0.5, 0.6) is 0 Å². The predicted octanol–water partition coefficient (Wildman–Crippen LogP) is 5.45. The van der Waals surface area contributed by atoms with Crippen molar-refractivity contribution in [3.05, 3.63) is 83.4 Å². The minimum atomic E-state index is -0.0520. The van der Waals surface area contributed by atoms with Crippen molar-refractivity contribution in [3.63, 3.8) is 0 Å². The molecule has 3 rings (SSSR count). The molecule has 0 fully saturated rings. The van der Waals surface area contributed by atoms with Crippen LogP contribution in [0.25, 0.3) is 10.8 Å². The Morgan fingerprint density at radius 2 is 1.42 bits per heavy atom. The molecule has 0 aliphatic rings. The summed E-state index contributed by atoms with van der Waals surface area (Å²) in [5.41, 5.74) is 2.99. The topological polar surface area (TPSA) is 29.1 Å². The molecule has 0 saturated carbocycles. The molecule has 0 heterocycles. The van der Waals surface area contributed by atoms with Gasteiger partial charge in [-0.15, -0.1) is 0 Å². The first-order chi connectivity index (χ1) is 11.6. The normalized spacial score (nSPS) is 12.3. The molecule has 1 N–H and O–H groups in total. The molecule has 2 heteroatoms. The van der Waals surface area contributed by atoms with Crippen LogP contribution in [0, 0.1) is 0 Å². The van der Waals surface area contributed by atoms with Crippen LogP contribution in [-0.4, -0.2) is 5.91 Å². The molecule has 0 unspecified atom stereocenters. The van der Waals surface area contributed by atoms with Gasteiger partial charge >= 0.3 is 0 Å². The molecule has 1 atom stereocenters. The van der Waals surface area contributed by atoms with Gasteiger partial charge in [0, 0.05) is 5.56 Å². The predicted molar refractivity (Wildman–Crippen MR) is 100 cm³/mol. The van der Waals surface area contributed by atoms with Crippen molar-refractivity contribution in [1.29, 1.82) is 0 Å². The number of amides is 1. The Hall–Kier alpha value is -2.61. The molecule has 0 saturated heterocycles. The second-order valence-electron chi connectivity index (χ2n) is 6.51. The van der Waals surface area contributed by atoms with E-state index in [1.165, 1.54) is 10.8 Å². The Morgan fingerprint density at radius 1 is 0.792 bits per heavy atom. The molecule has 24 heavy (non-hydrogen) atoms. The lowest BCUT2D eigenvalue weighted by Gasteiger charge is -2.18. The summed E-state index contributed by atoms with van der Waals surface area (Å²) in [5.74, 6) is 0.305. The van der Waals surface area contributed by atoms with Crippen LogP contribution in [0.3, 0.4) is 0 Å². The maximum Gasteiger partial charge on any atom is 0.252 e. The van der Waals surface area contributed by atoms with Gasteiger partial charge in [-0.2, -0.15) is 0 Å². The lowest BCUT2D eigenvalue weighted by Crippen LogP contribution is -2.27. The van der Waals surface area contributed by atoms with E-state index in [0.717, 1.165) is 16.7 Å². The van der Waals surface area contributed by atoms with Crippen LogP contribution in [0.1, 0.15) is 54.2 Å². The number of hydrogen-bond acceptors (Lipinski definition) is 1. The number of carbonyl (C=O) groups excluding carboxylic acids is 1. The van der Waals surface area contributed by atoms with Gasteiger partial charge < -0.3 is 5.32 Å². The third-order valence-electron chi connectivity index (χ3n) is 4.46. The molecular weight excluding hydrogens is 294 g/mol. The fraction of sp³-hybridized carbons (Fsp3) is 0.227. The van der Waals surface area contributed by atoms with Crippen LogP contribution in [0.2, 0.25) is 0 Å². The van der Waals surface area contributed by atoms with Crippen molar-refractivity contribution < 1.29 is 4.79 Å². The van der Waals surface area contributed by atoms with E-state index in [2.05, 4.69) is 43.4 Å². The zero-order chi connectivity index (χ0) is 17.1. The summed E-state index contributed by atoms with van der Waals surface area (Å²) in [6.45, 7) is 6.26. The SMILES string of the molecule is CC(C)c1ccccc1C(=O)N[C@H](C)c1cccc2ccccc12. The summed E-state index contributed by atoms with van der Waals surface area (Å²) < 4.78 is 0. The monoisotopic (exact) mass is 317 g/mol. The van der Waals surface area contributed by atoms with E-state index in [9.17, 15) is 4.79 Å². The van der Waals surface area contributed by atoms with Crippen LogP contribution in [-0.2, 0) is 0 Å². The van der Waals surface area contributed by atoms with Gasteiger partial charge in [-0.1, -0.05) is 74.5 Å². The standard InChI is InChI=1S/C22H23NO/c1-15(2)18-11-6-7-13-21(18)22(24)23-16(3)19-14-8-10-17-9-4-5-12-20(17)19/h4-16H,1-3H3,(H,23,24)/t16-/m1/s1. The maximum atomic E-state index is 12.8. The van der Waals surface area contributed by atoms with Gasteiger partial charge in [0.25, 0.3) is 5.91 Å². The van der Waals surface area contributed by atoms with Crippen molar-refractivity contribution in [2.24, 2.45) is 0 Å². The average molecular weight is 317 g/mol. The van der Waals surface area contributed by atoms with Gasteiger partial charge in [0.1, 0.15) is 0 Å². The molecule has 0 aliphatic heterocycles. The summed E-state index contributed by atoms with van der Waals surface area (Å²) in [5, 5.41) is 5.54. The van der Waals surface area contributed by atoms with Crippen molar-refractivity contribution in [2.75, 3.05) is 0 Å². The van der Waals surface area contributed by atoms with Crippen molar-refractivity contribution in [1.82, 2.24) is 5.32 Å². The molecular formula is C22H23NO. The van der Waals surface area contributed by atoms with Crippen molar-refractivity contribution in [2.45, 2.75) is 32.7 Å². The zero-order valence-electron chi connectivity index (χ0n) is 14.4. The van der Waals surface area contributed by atoms with Crippen molar-refractivity contribution >= 4 is 16.7 Å². The first-order valence-electron chi connectivity index (χ1n) is 8.45. The highest BCUT2D eigenvalue weighted by molar-refractivity contribution is 5.96. The Bertz CT molecular complexity index is 861. The van der Waals surface area contributed by atoms with E-state index in [0.29, 0.717) is 5.92 Å². The van der Waals surface area contributed by atoms with Gasteiger partial charge in [0.15, 0.2) is 0 Å². The molecule has 3 aromatic rings. The third-order valence-corrected chi connectivity index (χ3v) is 4.46. The van der Waals surface area contributed by atoms with Crippen LogP contribution >= 0.6 is 0 Å².